The van der Waals surface area contributed by atoms with E-state index in [1.807, 2.05) is 6.07 Å². The minimum absolute atomic E-state index is 0.390. The highest BCUT2D eigenvalue weighted by Gasteiger charge is 2.20. The molecular formula is C15H24N2. The number of hydrogen-bond donors (Lipinski definition) is 1. The first-order valence-corrected chi connectivity index (χ1v) is 6.60. The zero-order valence-electron chi connectivity index (χ0n) is 11.3. The molecule has 0 radical (unpaired) electrons. The van der Waals surface area contributed by atoms with Crippen molar-refractivity contribution in [1.82, 2.24) is 0 Å². The van der Waals surface area contributed by atoms with Gasteiger partial charge < -0.3 is 10.6 Å². The average Bonchev–Trinajstić information content (AvgIpc) is 2.25. The van der Waals surface area contributed by atoms with E-state index in [-0.39, 0.29) is 0 Å². The Labute approximate surface area is 105 Å². The fourth-order valence-corrected chi connectivity index (χ4v) is 2.46. The van der Waals surface area contributed by atoms with Crippen LogP contribution in [0.4, 0.5) is 11.4 Å². The number of nitrogens with two attached hydrogens (primary N) is 1. The van der Waals surface area contributed by atoms with E-state index in [2.05, 4.69) is 37.8 Å². The molecular weight excluding hydrogens is 208 g/mol. The van der Waals surface area contributed by atoms with Crippen LogP contribution in [0, 0.1) is 5.41 Å². The van der Waals surface area contributed by atoms with Gasteiger partial charge in [-0.05, 0) is 36.3 Å². The largest absolute Gasteiger partial charge is 0.397 e. The fraction of sp³-hybridized carbons (Fsp3) is 0.600. The topological polar surface area (TPSA) is 29.3 Å². The number of anilines is 2. The molecule has 1 aromatic carbocycles. The van der Waals surface area contributed by atoms with E-state index in [0.29, 0.717) is 5.41 Å². The monoisotopic (exact) mass is 232 g/mol. The Morgan fingerprint density at radius 2 is 2.06 bits per heavy atom. The molecule has 0 fully saturated rings. The Kier molecular flexibility index (Phi) is 3.32. The Morgan fingerprint density at radius 1 is 1.29 bits per heavy atom. The second-order valence-electron chi connectivity index (χ2n) is 6.26. The van der Waals surface area contributed by atoms with E-state index in [1.165, 1.54) is 30.5 Å². The summed E-state index contributed by atoms with van der Waals surface area (Å²) in [5.41, 5.74) is 10.2. The summed E-state index contributed by atoms with van der Waals surface area (Å²) in [6.45, 7) is 9.16. The molecule has 1 heterocycles. The predicted molar refractivity (Wildman–Crippen MR) is 75.5 cm³/mol. The van der Waals surface area contributed by atoms with Gasteiger partial charge in [0, 0.05) is 13.1 Å². The van der Waals surface area contributed by atoms with Crippen molar-refractivity contribution in [3.05, 3.63) is 23.8 Å². The summed E-state index contributed by atoms with van der Waals surface area (Å²) in [5.74, 6) is 0. The van der Waals surface area contributed by atoms with Crippen molar-refractivity contribution in [2.75, 3.05) is 23.7 Å². The Hall–Kier alpha value is -1.18. The van der Waals surface area contributed by atoms with E-state index in [1.54, 1.807) is 0 Å². The van der Waals surface area contributed by atoms with Crippen LogP contribution >= 0.6 is 0 Å². The number of hydrogen-bond acceptors (Lipinski definition) is 2. The lowest BCUT2D eigenvalue weighted by atomic mass is 9.91. The third kappa shape index (κ3) is 2.93. The number of fused-ring (bicyclic) bond motifs is 1. The first-order chi connectivity index (χ1) is 7.97. The molecule has 2 N–H and O–H groups in total. The molecule has 0 saturated carbocycles. The summed E-state index contributed by atoms with van der Waals surface area (Å²) in [6.07, 6.45) is 3.63. The van der Waals surface area contributed by atoms with Gasteiger partial charge in [-0.3, -0.25) is 0 Å². The molecule has 1 aromatic rings. The lowest BCUT2D eigenvalue weighted by Crippen LogP contribution is -2.32. The third-order valence-electron chi connectivity index (χ3n) is 3.47. The maximum Gasteiger partial charge on any atom is 0.0632 e. The maximum absolute atomic E-state index is 6.13. The van der Waals surface area contributed by atoms with Crippen LogP contribution in [-0.2, 0) is 6.42 Å². The van der Waals surface area contributed by atoms with Crippen LogP contribution in [0.3, 0.4) is 0 Å². The molecule has 2 rings (SSSR count). The van der Waals surface area contributed by atoms with Gasteiger partial charge in [0.2, 0.25) is 0 Å². The SMILES string of the molecule is CC(C)(C)CCN1CCCc2cccc(N)c21. The lowest BCUT2D eigenvalue weighted by Gasteiger charge is -2.34. The minimum atomic E-state index is 0.390. The number of aryl methyl sites for hydroxylation is 1. The highest BCUT2D eigenvalue weighted by Crippen LogP contribution is 2.33. The molecule has 17 heavy (non-hydrogen) atoms. The molecule has 1 aliphatic heterocycles. The second-order valence-corrected chi connectivity index (χ2v) is 6.26. The predicted octanol–water partition coefficient (Wildman–Crippen LogP) is 3.46. The molecule has 2 nitrogen and oxygen atoms in total. The Bertz CT molecular complexity index is 390. The highest BCUT2D eigenvalue weighted by molar-refractivity contribution is 5.72. The van der Waals surface area contributed by atoms with Gasteiger partial charge in [0.15, 0.2) is 0 Å². The standard InChI is InChI=1S/C15H24N2/c1-15(2,3)9-11-17-10-5-7-12-6-4-8-13(16)14(12)17/h4,6,8H,5,7,9-11,16H2,1-3H3. The lowest BCUT2D eigenvalue weighted by molar-refractivity contribution is 0.377. The molecule has 0 unspecified atom stereocenters. The highest BCUT2D eigenvalue weighted by atomic mass is 15.1. The van der Waals surface area contributed by atoms with Gasteiger partial charge in [-0.25, -0.2) is 0 Å². The van der Waals surface area contributed by atoms with Gasteiger partial charge in [0.25, 0.3) is 0 Å². The first kappa shape index (κ1) is 12.3. The van der Waals surface area contributed by atoms with Crippen LogP contribution in [0.15, 0.2) is 18.2 Å². The second kappa shape index (κ2) is 4.59. The molecule has 1 aliphatic rings. The van der Waals surface area contributed by atoms with Crippen molar-refractivity contribution < 1.29 is 0 Å². The van der Waals surface area contributed by atoms with Crippen molar-refractivity contribution in [3.8, 4) is 0 Å². The summed E-state index contributed by atoms with van der Waals surface area (Å²) in [5, 5.41) is 0. The van der Waals surface area contributed by atoms with Crippen LogP contribution in [0.25, 0.3) is 0 Å². The zero-order chi connectivity index (χ0) is 12.5. The van der Waals surface area contributed by atoms with E-state index >= 15 is 0 Å². The molecule has 0 aliphatic carbocycles. The van der Waals surface area contributed by atoms with E-state index < -0.39 is 0 Å². The van der Waals surface area contributed by atoms with Gasteiger partial charge in [-0.1, -0.05) is 32.9 Å². The van der Waals surface area contributed by atoms with E-state index in [0.717, 1.165) is 18.8 Å². The normalized spacial score (nSPS) is 15.8. The minimum Gasteiger partial charge on any atom is -0.397 e. The molecule has 2 heteroatoms. The van der Waals surface area contributed by atoms with Gasteiger partial charge in [-0.2, -0.15) is 0 Å². The van der Waals surface area contributed by atoms with Crippen LogP contribution in [0.2, 0.25) is 0 Å². The number of nitrogen functional groups attached to an aromatic ring is 1. The first-order valence-electron chi connectivity index (χ1n) is 6.60. The Morgan fingerprint density at radius 3 is 2.76 bits per heavy atom. The summed E-state index contributed by atoms with van der Waals surface area (Å²) in [6, 6.07) is 6.31. The summed E-state index contributed by atoms with van der Waals surface area (Å²) >= 11 is 0. The van der Waals surface area contributed by atoms with E-state index in [9.17, 15) is 0 Å². The zero-order valence-corrected chi connectivity index (χ0v) is 11.3. The molecule has 0 spiro atoms. The molecule has 0 aromatic heterocycles. The van der Waals surface area contributed by atoms with Gasteiger partial charge in [-0.15, -0.1) is 0 Å². The van der Waals surface area contributed by atoms with Crippen molar-refractivity contribution in [2.45, 2.75) is 40.0 Å². The van der Waals surface area contributed by atoms with Crippen molar-refractivity contribution >= 4 is 11.4 Å². The average molecular weight is 232 g/mol. The molecule has 0 amide bonds. The summed E-state index contributed by atoms with van der Waals surface area (Å²) < 4.78 is 0. The number of rotatable bonds is 2. The molecule has 0 saturated heterocycles. The molecule has 0 atom stereocenters. The summed E-state index contributed by atoms with van der Waals surface area (Å²) in [7, 11) is 0. The van der Waals surface area contributed by atoms with Crippen molar-refractivity contribution in [2.24, 2.45) is 5.41 Å². The third-order valence-corrected chi connectivity index (χ3v) is 3.47. The smallest absolute Gasteiger partial charge is 0.0632 e. The van der Waals surface area contributed by atoms with Gasteiger partial charge >= 0.3 is 0 Å². The van der Waals surface area contributed by atoms with Crippen molar-refractivity contribution in [1.29, 1.82) is 0 Å². The quantitative estimate of drug-likeness (QED) is 0.791. The van der Waals surface area contributed by atoms with Gasteiger partial charge in [0.1, 0.15) is 0 Å². The number of para-hydroxylation sites is 1. The molecule has 0 bridgehead atoms. The van der Waals surface area contributed by atoms with Crippen LogP contribution < -0.4 is 10.6 Å². The Balaban J connectivity index is 2.17. The van der Waals surface area contributed by atoms with Crippen LogP contribution in [0.1, 0.15) is 39.2 Å². The van der Waals surface area contributed by atoms with Crippen LogP contribution in [0.5, 0.6) is 0 Å². The number of benzene rings is 1. The number of nitrogens with zero attached hydrogens (tertiary/aromatic N) is 1. The maximum atomic E-state index is 6.13. The van der Waals surface area contributed by atoms with Crippen molar-refractivity contribution in [3.63, 3.8) is 0 Å². The fourth-order valence-electron chi connectivity index (χ4n) is 2.46. The van der Waals surface area contributed by atoms with Crippen LogP contribution in [-0.4, -0.2) is 13.1 Å². The summed E-state index contributed by atoms with van der Waals surface area (Å²) in [4.78, 5) is 2.47. The van der Waals surface area contributed by atoms with E-state index in [4.69, 9.17) is 5.73 Å². The van der Waals surface area contributed by atoms with Gasteiger partial charge in [0.05, 0.1) is 11.4 Å². The molecule has 94 valence electrons.